The van der Waals surface area contributed by atoms with E-state index in [-0.39, 0.29) is 11.9 Å². The minimum Gasteiger partial charge on any atom is -0.409 e. The highest BCUT2D eigenvalue weighted by molar-refractivity contribution is 9.10. The smallest absolute Gasteiger partial charge is 0.322 e. The number of benzene rings is 1. The highest BCUT2D eigenvalue weighted by Gasteiger charge is 2.17. The molecule has 0 bridgehead atoms. The van der Waals surface area contributed by atoms with Gasteiger partial charge in [-0.05, 0) is 34.1 Å². The molecule has 0 aliphatic carbocycles. The number of oxime groups is 1. The summed E-state index contributed by atoms with van der Waals surface area (Å²) in [6.07, 6.45) is 0. The predicted molar refractivity (Wildman–Crippen MR) is 78.1 cm³/mol. The molecule has 0 atom stereocenters. The highest BCUT2D eigenvalue weighted by Crippen LogP contribution is 2.24. The van der Waals surface area contributed by atoms with Crippen molar-refractivity contribution in [3.63, 3.8) is 0 Å². The van der Waals surface area contributed by atoms with Crippen LogP contribution < -0.4 is 11.1 Å². The number of hydrogen-bond donors (Lipinski definition) is 3. The van der Waals surface area contributed by atoms with Crippen molar-refractivity contribution in [3.8, 4) is 0 Å². The van der Waals surface area contributed by atoms with Gasteiger partial charge in [0.1, 0.15) is 0 Å². The summed E-state index contributed by atoms with van der Waals surface area (Å²) in [5.41, 5.74) is 6.68. The number of amidine groups is 1. The minimum absolute atomic E-state index is 0.0109. The molecule has 0 aromatic heterocycles. The third-order valence-electron chi connectivity index (χ3n) is 2.91. The minimum atomic E-state index is -0.175. The van der Waals surface area contributed by atoms with E-state index in [9.17, 15) is 4.79 Å². The van der Waals surface area contributed by atoms with E-state index in [4.69, 9.17) is 15.7 Å². The molecule has 1 aromatic carbocycles. The van der Waals surface area contributed by atoms with Crippen molar-refractivity contribution >= 4 is 33.5 Å². The maximum absolute atomic E-state index is 12.0. The van der Waals surface area contributed by atoms with Crippen LogP contribution in [-0.2, 0) is 4.74 Å². The zero-order valence-electron chi connectivity index (χ0n) is 10.7. The Labute approximate surface area is 124 Å². The van der Waals surface area contributed by atoms with Crippen molar-refractivity contribution in [2.75, 3.05) is 31.6 Å². The molecule has 4 N–H and O–H groups in total. The summed E-state index contributed by atoms with van der Waals surface area (Å²) in [5, 5.41) is 14.4. The predicted octanol–water partition coefficient (Wildman–Crippen LogP) is 1.41. The molecular formula is C12H15BrN4O3. The zero-order valence-corrected chi connectivity index (χ0v) is 12.3. The summed E-state index contributed by atoms with van der Waals surface area (Å²) in [7, 11) is 0. The Kier molecular flexibility index (Phi) is 4.80. The third-order valence-corrected chi connectivity index (χ3v) is 3.57. The van der Waals surface area contributed by atoms with E-state index >= 15 is 0 Å². The first kappa shape index (κ1) is 14.6. The van der Waals surface area contributed by atoms with Gasteiger partial charge < -0.3 is 25.9 Å². The lowest BCUT2D eigenvalue weighted by molar-refractivity contribution is 0.0564. The van der Waals surface area contributed by atoms with Gasteiger partial charge in [-0.3, -0.25) is 0 Å². The van der Waals surface area contributed by atoms with Crippen LogP contribution in [0.3, 0.4) is 0 Å². The average molecular weight is 343 g/mol. The summed E-state index contributed by atoms with van der Waals surface area (Å²) in [4.78, 5) is 13.7. The van der Waals surface area contributed by atoms with Crippen molar-refractivity contribution in [1.82, 2.24) is 4.90 Å². The van der Waals surface area contributed by atoms with Gasteiger partial charge in [-0.2, -0.15) is 0 Å². The first-order chi connectivity index (χ1) is 9.61. The van der Waals surface area contributed by atoms with Crippen molar-refractivity contribution in [1.29, 1.82) is 0 Å². The topological polar surface area (TPSA) is 100 Å². The Morgan fingerprint density at radius 3 is 2.75 bits per heavy atom. The second kappa shape index (κ2) is 6.58. The van der Waals surface area contributed by atoms with E-state index < -0.39 is 0 Å². The van der Waals surface area contributed by atoms with Crippen molar-refractivity contribution in [3.05, 3.63) is 28.2 Å². The monoisotopic (exact) mass is 342 g/mol. The molecule has 0 unspecified atom stereocenters. The van der Waals surface area contributed by atoms with Gasteiger partial charge in [-0.15, -0.1) is 0 Å². The number of halogens is 1. The molecule has 1 saturated heterocycles. The Balaban J connectivity index is 2.07. The number of carbonyl (C=O) groups excluding carboxylic acids is 1. The number of rotatable bonds is 2. The fourth-order valence-corrected chi connectivity index (χ4v) is 2.27. The molecule has 8 heteroatoms. The van der Waals surface area contributed by atoms with Gasteiger partial charge in [-0.1, -0.05) is 5.16 Å². The number of carbonyl (C=O) groups is 1. The number of anilines is 1. The van der Waals surface area contributed by atoms with Crippen LogP contribution in [0.25, 0.3) is 0 Å². The molecule has 108 valence electrons. The number of morpholine rings is 1. The zero-order chi connectivity index (χ0) is 14.5. The standard InChI is InChI=1S/C12H15BrN4O3/c13-9-7-8(11(14)16-19)1-2-10(9)15-12(18)17-3-5-20-6-4-17/h1-2,7,19H,3-6H2,(H2,14,16)(H,15,18). The van der Waals surface area contributed by atoms with E-state index in [0.29, 0.717) is 42.0 Å². The molecule has 20 heavy (non-hydrogen) atoms. The van der Waals surface area contributed by atoms with Gasteiger partial charge in [0.05, 0.1) is 18.9 Å². The number of nitrogens with two attached hydrogens (primary N) is 1. The molecule has 1 fully saturated rings. The van der Waals surface area contributed by atoms with Gasteiger partial charge in [-0.25, -0.2) is 4.79 Å². The molecule has 2 rings (SSSR count). The lowest BCUT2D eigenvalue weighted by Gasteiger charge is -2.27. The largest absolute Gasteiger partial charge is 0.409 e. The quantitative estimate of drug-likeness (QED) is 0.327. The van der Waals surface area contributed by atoms with E-state index in [2.05, 4.69) is 26.4 Å². The highest BCUT2D eigenvalue weighted by atomic mass is 79.9. The van der Waals surface area contributed by atoms with Gasteiger partial charge in [0.25, 0.3) is 0 Å². The average Bonchev–Trinajstić information content (AvgIpc) is 2.49. The maximum Gasteiger partial charge on any atom is 0.322 e. The Bertz CT molecular complexity index is 529. The molecular weight excluding hydrogens is 328 g/mol. The summed E-state index contributed by atoms with van der Waals surface area (Å²) in [6, 6.07) is 4.85. The van der Waals surface area contributed by atoms with Crippen LogP contribution in [0.5, 0.6) is 0 Å². The van der Waals surface area contributed by atoms with Gasteiger partial charge >= 0.3 is 6.03 Å². The molecule has 1 heterocycles. The third kappa shape index (κ3) is 3.40. The SMILES string of the molecule is N/C(=N/O)c1ccc(NC(=O)N2CCOCC2)c(Br)c1. The summed E-state index contributed by atoms with van der Waals surface area (Å²) in [5.74, 6) is 0.0109. The van der Waals surface area contributed by atoms with Gasteiger partial charge in [0.2, 0.25) is 0 Å². The molecule has 1 aliphatic heterocycles. The number of amides is 2. The van der Waals surface area contributed by atoms with Crippen molar-refractivity contribution in [2.45, 2.75) is 0 Å². The number of urea groups is 1. The first-order valence-electron chi connectivity index (χ1n) is 6.03. The molecule has 0 radical (unpaired) electrons. The summed E-state index contributed by atoms with van der Waals surface area (Å²) >= 11 is 3.35. The summed E-state index contributed by atoms with van der Waals surface area (Å²) in [6.45, 7) is 2.26. The fourth-order valence-electron chi connectivity index (χ4n) is 1.79. The Hall–Kier alpha value is -1.80. The van der Waals surface area contributed by atoms with Crippen LogP contribution in [0.15, 0.2) is 27.8 Å². The summed E-state index contributed by atoms with van der Waals surface area (Å²) < 4.78 is 5.85. The van der Waals surface area contributed by atoms with Crippen molar-refractivity contribution in [2.24, 2.45) is 10.9 Å². The first-order valence-corrected chi connectivity index (χ1v) is 6.82. The Morgan fingerprint density at radius 1 is 1.45 bits per heavy atom. The Morgan fingerprint density at radius 2 is 2.15 bits per heavy atom. The maximum atomic E-state index is 12.0. The van der Waals surface area contributed by atoms with Crippen LogP contribution in [-0.4, -0.2) is 48.3 Å². The van der Waals surface area contributed by atoms with Gasteiger partial charge in [0, 0.05) is 23.1 Å². The normalized spacial score (nSPS) is 16.1. The number of ether oxygens (including phenoxy) is 1. The molecule has 2 amide bonds. The van der Waals surface area contributed by atoms with Crippen LogP contribution in [0.1, 0.15) is 5.56 Å². The molecule has 7 nitrogen and oxygen atoms in total. The molecule has 0 saturated carbocycles. The van der Waals surface area contributed by atoms with E-state index in [0.717, 1.165) is 0 Å². The van der Waals surface area contributed by atoms with Crippen LogP contribution in [0, 0.1) is 0 Å². The van der Waals surface area contributed by atoms with Crippen LogP contribution in [0.4, 0.5) is 10.5 Å². The van der Waals surface area contributed by atoms with E-state index in [1.54, 1.807) is 23.1 Å². The van der Waals surface area contributed by atoms with Crippen LogP contribution >= 0.6 is 15.9 Å². The second-order valence-electron chi connectivity index (χ2n) is 4.21. The van der Waals surface area contributed by atoms with Crippen molar-refractivity contribution < 1.29 is 14.7 Å². The lowest BCUT2D eigenvalue weighted by Crippen LogP contribution is -2.43. The van der Waals surface area contributed by atoms with Crippen LogP contribution in [0.2, 0.25) is 0 Å². The number of nitrogens with zero attached hydrogens (tertiary/aromatic N) is 2. The fraction of sp³-hybridized carbons (Fsp3) is 0.333. The van der Waals surface area contributed by atoms with E-state index in [1.807, 2.05) is 0 Å². The van der Waals surface area contributed by atoms with E-state index in [1.165, 1.54) is 0 Å². The van der Waals surface area contributed by atoms with Gasteiger partial charge in [0.15, 0.2) is 5.84 Å². The lowest BCUT2D eigenvalue weighted by atomic mass is 10.2. The molecule has 0 spiro atoms. The number of nitrogens with one attached hydrogen (secondary N) is 1. The molecule has 1 aromatic rings. The number of hydrogen-bond acceptors (Lipinski definition) is 4. The molecule has 1 aliphatic rings. The second-order valence-corrected chi connectivity index (χ2v) is 5.06.